The Kier molecular flexibility index (Phi) is 6.04. The summed E-state index contributed by atoms with van der Waals surface area (Å²) in [5.74, 6) is 0.455. The van der Waals surface area contributed by atoms with Crippen molar-refractivity contribution in [3.8, 4) is 0 Å². The molecule has 1 aromatic rings. The Balaban J connectivity index is 2.12. The molecule has 0 aliphatic heterocycles. The van der Waals surface area contributed by atoms with Crippen molar-refractivity contribution in [3.63, 3.8) is 0 Å². The van der Waals surface area contributed by atoms with Gasteiger partial charge in [-0.05, 0) is 18.6 Å². The van der Waals surface area contributed by atoms with Crippen LogP contribution in [-0.4, -0.2) is 30.6 Å². The molecule has 0 unspecified atom stereocenters. The molecule has 0 atom stereocenters. The number of hydrogen-bond donors (Lipinski definition) is 1. The minimum Gasteiger partial charge on any atom is -0.380 e. The van der Waals surface area contributed by atoms with Crippen molar-refractivity contribution in [2.45, 2.75) is 6.42 Å². The summed E-state index contributed by atoms with van der Waals surface area (Å²) >= 11 is 5.43. The zero-order valence-electron chi connectivity index (χ0n) is 8.38. The number of pyridine rings is 1. The standard InChI is InChI=1S/C10H14ClFN2O/c11-4-8-15-7-2-6-14-10-9(12)3-1-5-13-10/h1,3,5H,2,4,6-8H2,(H,13,14). The summed E-state index contributed by atoms with van der Waals surface area (Å²) in [6.07, 6.45) is 2.35. The Morgan fingerprint density at radius 3 is 3.07 bits per heavy atom. The molecule has 1 N–H and O–H groups in total. The lowest BCUT2D eigenvalue weighted by atomic mass is 10.4. The van der Waals surface area contributed by atoms with Gasteiger partial charge in [0.1, 0.15) is 0 Å². The number of aromatic nitrogens is 1. The Morgan fingerprint density at radius 1 is 1.47 bits per heavy atom. The molecule has 84 valence electrons. The molecule has 0 spiro atoms. The molecule has 5 heteroatoms. The Labute approximate surface area is 93.6 Å². The highest BCUT2D eigenvalue weighted by Crippen LogP contribution is 2.07. The zero-order chi connectivity index (χ0) is 10.9. The van der Waals surface area contributed by atoms with Gasteiger partial charge >= 0.3 is 0 Å². The minimum atomic E-state index is -0.334. The van der Waals surface area contributed by atoms with Crippen LogP contribution in [0.2, 0.25) is 0 Å². The van der Waals surface area contributed by atoms with E-state index in [0.717, 1.165) is 6.42 Å². The van der Waals surface area contributed by atoms with Gasteiger partial charge in [0.2, 0.25) is 0 Å². The van der Waals surface area contributed by atoms with Crippen LogP contribution in [0.4, 0.5) is 10.2 Å². The number of ether oxygens (including phenoxy) is 1. The molecule has 0 aliphatic carbocycles. The monoisotopic (exact) mass is 232 g/mol. The minimum absolute atomic E-state index is 0.287. The van der Waals surface area contributed by atoms with Gasteiger partial charge < -0.3 is 10.1 Å². The highest BCUT2D eigenvalue weighted by Gasteiger charge is 1.99. The van der Waals surface area contributed by atoms with Crippen LogP contribution in [0.15, 0.2) is 18.3 Å². The average molecular weight is 233 g/mol. The first kappa shape index (κ1) is 12.2. The molecule has 0 aromatic carbocycles. The number of anilines is 1. The Morgan fingerprint density at radius 2 is 2.33 bits per heavy atom. The SMILES string of the molecule is Fc1cccnc1NCCCOCCCl. The Hall–Kier alpha value is -0.870. The van der Waals surface area contributed by atoms with E-state index >= 15 is 0 Å². The fraction of sp³-hybridized carbons (Fsp3) is 0.500. The summed E-state index contributed by atoms with van der Waals surface area (Å²) in [6.45, 7) is 1.81. The first-order valence-corrected chi connectivity index (χ1v) is 5.36. The van der Waals surface area contributed by atoms with E-state index in [4.69, 9.17) is 16.3 Å². The smallest absolute Gasteiger partial charge is 0.165 e. The molecular formula is C10H14ClFN2O. The van der Waals surface area contributed by atoms with Crippen LogP contribution in [0.1, 0.15) is 6.42 Å². The van der Waals surface area contributed by atoms with Gasteiger partial charge in [0.15, 0.2) is 11.6 Å². The van der Waals surface area contributed by atoms with Crippen LogP contribution >= 0.6 is 11.6 Å². The summed E-state index contributed by atoms with van der Waals surface area (Å²) in [6, 6.07) is 2.93. The van der Waals surface area contributed by atoms with Crippen LogP contribution < -0.4 is 5.32 Å². The van der Waals surface area contributed by atoms with Crippen molar-refractivity contribution in [2.75, 3.05) is 31.0 Å². The highest BCUT2D eigenvalue weighted by molar-refractivity contribution is 6.17. The number of nitrogens with one attached hydrogen (secondary N) is 1. The van der Waals surface area contributed by atoms with E-state index in [1.54, 1.807) is 12.3 Å². The first-order valence-electron chi connectivity index (χ1n) is 4.82. The predicted molar refractivity (Wildman–Crippen MR) is 58.8 cm³/mol. The van der Waals surface area contributed by atoms with Crippen molar-refractivity contribution >= 4 is 17.4 Å². The number of halogens is 2. The summed E-state index contributed by atoms with van der Waals surface area (Å²) in [7, 11) is 0. The van der Waals surface area contributed by atoms with Crippen LogP contribution in [0.3, 0.4) is 0 Å². The molecule has 0 aliphatic rings. The van der Waals surface area contributed by atoms with E-state index in [9.17, 15) is 4.39 Å². The maximum atomic E-state index is 13.0. The quantitative estimate of drug-likeness (QED) is 0.579. The lowest BCUT2D eigenvalue weighted by Gasteiger charge is -2.06. The molecule has 0 radical (unpaired) electrons. The van der Waals surface area contributed by atoms with Crippen molar-refractivity contribution in [3.05, 3.63) is 24.1 Å². The summed E-state index contributed by atoms with van der Waals surface area (Å²) in [5.41, 5.74) is 0. The van der Waals surface area contributed by atoms with Gasteiger partial charge in [0, 0.05) is 25.2 Å². The molecule has 0 amide bonds. The topological polar surface area (TPSA) is 34.2 Å². The lowest BCUT2D eigenvalue weighted by molar-refractivity contribution is 0.149. The number of nitrogens with zero attached hydrogens (tertiary/aromatic N) is 1. The third-order valence-electron chi connectivity index (χ3n) is 1.74. The van der Waals surface area contributed by atoms with E-state index in [1.165, 1.54) is 6.07 Å². The number of rotatable bonds is 7. The molecule has 0 saturated carbocycles. The number of hydrogen-bond acceptors (Lipinski definition) is 3. The number of alkyl halides is 1. The van der Waals surface area contributed by atoms with Gasteiger partial charge in [-0.2, -0.15) is 0 Å². The molecule has 1 aromatic heterocycles. The van der Waals surface area contributed by atoms with Crippen LogP contribution in [0.25, 0.3) is 0 Å². The average Bonchev–Trinajstić information content (AvgIpc) is 2.25. The molecule has 0 bridgehead atoms. The largest absolute Gasteiger partial charge is 0.380 e. The molecule has 3 nitrogen and oxygen atoms in total. The fourth-order valence-corrected chi connectivity index (χ4v) is 1.16. The van der Waals surface area contributed by atoms with Crippen LogP contribution in [0, 0.1) is 5.82 Å². The first-order chi connectivity index (χ1) is 7.34. The summed E-state index contributed by atoms with van der Waals surface area (Å²) in [5, 5.41) is 2.89. The van der Waals surface area contributed by atoms with E-state index in [1.807, 2.05) is 0 Å². The van der Waals surface area contributed by atoms with Crippen LogP contribution in [-0.2, 0) is 4.74 Å². The van der Waals surface area contributed by atoms with E-state index in [2.05, 4.69) is 10.3 Å². The zero-order valence-corrected chi connectivity index (χ0v) is 9.13. The lowest BCUT2D eigenvalue weighted by Crippen LogP contribution is -2.08. The second-order valence-electron chi connectivity index (χ2n) is 2.92. The molecule has 0 fully saturated rings. The Bertz CT molecular complexity index is 286. The molecule has 0 saturated heterocycles. The van der Waals surface area contributed by atoms with Gasteiger partial charge in [-0.3, -0.25) is 0 Å². The van der Waals surface area contributed by atoms with Gasteiger partial charge in [-0.15, -0.1) is 11.6 Å². The van der Waals surface area contributed by atoms with Crippen LogP contribution in [0.5, 0.6) is 0 Å². The molecule has 1 heterocycles. The van der Waals surface area contributed by atoms with Crippen molar-refractivity contribution in [1.29, 1.82) is 0 Å². The third kappa shape index (κ3) is 4.95. The summed E-state index contributed by atoms with van der Waals surface area (Å²) < 4.78 is 18.2. The molecule has 15 heavy (non-hydrogen) atoms. The fourth-order valence-electron chi connectivity index (χ4n) is 1.05. The third-order valence-corrected chi connectivity index (χ3v) is 1.89. The second kappa shape index (κ2) is 7.43. The van der Waals surface area contributed by atoms with Gasteiger partial charge in [-0.1, -0.05) is 0 Å². The van der Waals surface area contributed by atoms with Gasteiger partial charge in [0.25, 0.3) is 0 Å². The maximum Gasteiger partial charge on any atom is 0.165 e. The van der Waals surface area contributed by atoms with E-state index in [0.29, 0.717) is 25.6 Å². The van der Waals surface area contributed by atoms with Crippen molar-refractivity contribution < 1.29 is 9.13 Å². The van der Waals surface area contributed by atoms with E-state index < -0.39 is 0 Å². The van der Waals surface area contributed by atoms with Crippen molar-refractivity contribution in [1.82, 2.24) is 4.98 Å². The van der Waals surface area contributed by atoms with Gasteiger partial charge in [0.05, 0.1) is 6.61 Å². The predicted octanol–water partition coefficient (Wildman–Crippen LogP) is 2.28. The molecular weight excluding hydrogens is 219 g/mol. The van der Waals surface area contributed by atoms with Crippen molar-refractivity contribution in [2.24, 2.45) is 0 Å². The summed E-state index contributed by atoms with van der Waals surface area (Å²) in [4.78, 5) is 3.86. The molecule has 1 rings (SSSR count). The van der Waals surface area contributed by atoms with Gasteiger partial charge in [-0.25, -0.2) is 9.37 Å². The van der Waals surface area contributed by atoms with E-state index in [-0.39, 0.29) is 11.6 Å². The highest BCUT2D eigenvalue weighted by atomic mass is 35.5. The maximum absolute atomic E-state index is 13.0. The normalized spacial score (nSPS) is 10.3. The second-order valence-corrected chi connectivity index (χ2v) is 3.29.